The molecule has 1 saturated heterocycles. The van der Waals surface area contributed by atoms with E-state index in [2.05, 4.69) is 38.6 Å². The Kier molecular flexibility index (Phi) is 5.18. The highest BCUT2D eigenvalue weighted by atomic mass is 16.7. The highest BCUT2D eigenvalue weighted by molar-refractivity contribution is 5.93. The van der Waals surface area contributed by atoms with Crippen molar-refractivity contribution in [2.75, 3.05) is 13.2 Å². The molecule has 6 unspecified atom stereocenters. The summed E-state index contributed by atoms with van der Waals surface area (Å²) in [6, 6.07) is 10.2. The second-order valence-electron chi connectivity index (χ2n) is 10.1. The summed E-state index contributed by atoms with van der Waals surface area (Å²) in [6.45, 7) is 10.3. The van der Waals surface area contributed by atoms with Crippen molar-refractivity contribution in [1.29, 1.82) is 0 Å². The zero-order valence-electron chi connectivity index (χ0n) is 18.5. The van der Waals surface area contributed by atoms with E-state index in [9.17, 15) is 4.79 Å². The van der Waals surface area contributed by atoms with Gasteiger partial charge < -0.3 is 14.2 Å². The Morgan fingerprint density at radius 3 is 2.68 bits per heavy atom. The largest absolute Gasteiger partial charge is 0.458 e. The molecule has 164 valence electrons. The third-order valence-electron chi connectivity index (χ3n) is 8.30. The Labute approximate surface area is 185 Å². The monoisotopic (exact) mass is 420 g/mol. The van der Waals surface area contributed by atoms with Crippen LogP contribution >= 0.6 is 0 Å². The lowest BCUT2D eigenvalue weighted by molar-refractivity contribution is -0.306. The number of ether oxygens (including phenoxy) is 3. The fraction of sp³-hybridized carbons (Fsp3) is 0.519. The maximum Gasteiger partial charge on any atom is 0.338 e. The molecule has 4 heteroatoms. The van der Waals surface area contributed by atoms with Crippen LogP contribution in [0.5, 0.6) is 0 Å². The van der Waals surface area contributed by atoms with Crippen molar-refractivity contribution in [3.63, 3.8) is 0 Å². The lowest BCUT2D eigenvalue weighted by Gasteiger charge is -2.62. The molecule has 6 atom stereocenters. The number of cyclic esters (lactones) is 1. The van der Waals surface area contributed by atoms with Crippen LogP contribution in [0.4, 0.5) is 0 Å². The SMILES string of the molecule is C=C1CCC2C3(C)COC(c4ccccc4)OC3CCC2(C)C1/C=C/C1=CCOC1=O. The molecule has 0 amide bonds. The molecule has 4 aliphatic rings. The summed E-state index contributed by atoms with van der Waals surface area (Å²) < 4.78 is 17.9. The molecule has 0 spiro atoms. The zero-order chi connectivity index (χ0) is 21.6. The van der Waals surface area contributed by atoms with Crippen LogP contribution in [0, 0.1) is 22.7 Å². The van der Waals surface area contributed by atoms with E-state index in [1.807, 2.05) is 30.4 Å². The van der Waals surface area contributed by atoms with E-state index in [0.717, 1.165) is 31.2 Å². The lowest BCUT2D eigenvalue weighted by atomic mass is 9.46. The number of benzene rings is 1. The second-order valence-corrected chi connectivity index (χ2v) is 10.1. The topological polar surface area (TPSA) is 44.8 Å². The maximum absolute atomic E-state index is 11.9. The Morgan fingerprint density at radius 1 is 1.13 bits per heavy atom. The molecule has 1 aromatic carbocycles. The van der Waals surface area contributed by atoms with Crippen LogP contribution in [0.3, 0.4) is 0 Å². The van der Waals surface area contributed by atoms with Gasteiger partial charge in [-0.05, 0) is 43.1 Å². The van der Waals surface area contributed by atoms with E-state index >= 15 is 0 Å². The van der Waals surface area contributed by atoms with Crippen LogP contribution in [0.2, 0.25) is 0 Å². The number of fused-ring (bicyclic) bond motifs is 3. The summed E-state index contributed by atoms with van der Waals surface area (Å²) in [7, 11) is 0. The minimum Gasteiger partial charge on any atom is -0.458 e. The van der Waals surface area contributed by atoms with Crippen molar-refractivity contribution in [2.24, 2.45) is 22.7 Å². The van der Waals surface area contributed by atoms with Gasteiger partial charge >= 0.3 is 5.97 Å². The van der Waals surface area contributed by atoms with E-state index in [1.54, 1.807) is 0 Å². The molecule has 0 N–H and O–H groups in total. The van der Waals surface area contributed by atoms with Crippen LogP contribution in [0.15, 0.2) is 66.3 Å². The van der Waals surface area contributed by atoms with Gasteiger partial charge in [0.1, 0.15) is 6.61 Å². The van der Waals surface area contributed by atoms with Gasteiger partial charge in [-0.15, -0.1) is 0 Å². The molecular formula is C27H32O4. The Morgan fingerprint density at radius 2 is 1.94 bits per heavy atom. The predicted molar refractivity (Wildman–Crippen MR) is 119 cm³/mol. The summed E-state index contributed by atoms with van der Waals surface area (Å²) in [5.74, 6) is 0.487. The molecular weight excluding hydrogens is 388 g/mol. The summed E-state index contributed by atoms with van der Waals surface area (Å²) in [6.07, 6.45) is 10.1. The third kappa shape index (κ3) is 3.41. The smallest absolute Gasteiger partial charge is 0.338 e. The molecule has 2 heterocycles. The number of carbonyl (C=O) groups is 1. The van der Waals surface area contributed by atoms with Gasteiger partial charge in [-0.1, -0.05) is 68.5 Å². The first kappa shape index (κ1) is 20.7. The average molecular weight is 421 g/mol. The molecule has 2 aliphatic heterocycles. The molecule has 5 rings (SSSR count). The minimum atomic E-state index is -0.279. The Hall–Kier alpha value is -2.17. The zero-order valence-corrected chi connectivity index (χ0v) is 18.5. The molecule has 2 aliphatic carbocycles. The molecule has 4 nitrogen and oxygen atoms in total. The van der Waals surface area contributed by atoms with Crippen molar-refractivity contribution in [2.45, 2.75) is 51.9 Å². The number of allylic oxidation sites excluding steroid dienone is 2. The highest BCUT2D eigenvalue weighted by Gasteiger charge is 2.60. The van der Waals surface area contributed by atoms with Crippen LogP contribution in [-0.2, 0) is 19.0 Å². The van der Waals surface area contributed by atoms with Crippen molar-refractivity contribution >= 4 is 5.97 Å². The number of rotatable bonds is 3. The maximum atomic E-state index is 11.9. The van der Waals surface area contributed by atoms with Crippen molar-refractivity contribution < 1.29 is 19.0 Å². The van der Waals surface area contributed by atoms with Gasteiger partial charge in [0.15, 0.2) is 6.29 Å². The fourth-order valence-electron chi connectivity index (χ4n) is 6.62. The number of hydrogen-bond acceptors (Lipinski definition) is 4. The molecule has 1 aromatic rings. The first-order valence-corrected chi connectivity index (χ1v) is 11.5. The van der Waals surface area contributed by atoms with Gasteiger partial charge in [0, 0.05) is 16.9 Å². The van der Waals surface area contributed by atoms with Gasteiger partial charge in [-0.25, -0.2) is 4.79 Å². The van der Waals surface area contributed by atoms with Crippen LogP contribution in [0.1, 0.15) is 51.4 Å². The van der Waals surface area contributed by atoms with Gasteiger partial charge in [0.05, 0.1) is 18.3 Å². The molecule has 3 fully saturated rings. The van der Waals surface area contributed by atoms with E-state index in [4.69, 9.17) is 14.2 Å². The molecule has 0 radical (unpaired) electrons. The average Bonchev–Trinajstić information content (AvgIpc) is 3.18. The van der Waals surface area contributed by atoms with Gasteiger partial charge in [0.2, 0.25) is 0 Å². The predicted octanol–water partition coefficient (Wildman–Crippen LogP) is 5.53. The summed E-state index contributed by atoms with van der Waals surface area (Å²) in [4.78, 5) is 11.9. The molecule has 0 aromatic heterocycles. The first-order chi connectivity index (χ1) is 14.9. The van der Waals surface area contributed by atoms with Gasteiger partial charge in [-0.2, -0.15) is 0 Å². The Bertz CT molecular complexity index is 932. The quantitative estimate of drug-likeness (QED) is 0.476. The number of carbonyl (C=O) groups excluding carboxylic acids is 1. The fourth-order valence-corrected chi connectivity index (χ4v) is 6.62. The van der Waals surface area contributed by atoms with E-state index in [1.165, 1.54) is 5.57 Å². The van der Waals surface area contributed by atoms with E-state index in [-0.39, 0.29) is 35.1 Å². The van der Waals surface area contributed by atoms with Crippen LogP contribution in [-0.4, -0.2) is 25.3 Å². The molecule has 0 bridgehead atoms. The summed E-state index contributed by atoms with van der Waals surface area (Å²) in [5.41, 5.74) is 3.06. The second kappa shape index (κ2) is 7.75. The minimum absolute atomic E-state index is 0.0311. The highest BCUT2D eigenvalue weighted by Crippen LogP contribution is 2.63. The van der Waals surface area contributed by atoms with E-state index < -0.39 is 0 Å². The van der Waals surface area contributed by atoms with Crippen molar-refractivity contribution in [3.05, 3.63) is 71.8 Å². The number of esters is 1. The normalized spacial score (nSPS) is 40.3. The third-order valence-corrected chi connectivity index (χ3v) is 8.30. The van der Waals surface area contributed by atoms with Crippen LogP contribution < -0.4 is 0 Å². The lowest BCUT2D eigenvalue weighted by Crippen LogP contribution is -2.60. The Balaban J connectivity index is 1.39. The standard InChI is InChI=1S/C27H32O4/c1-18-9-12-22-26(2,21(18)11-10-19-14-16-29-24(19)28)15-13-23-27(22,3)17-30-25(31-23)20-7-5-4-6-8-20/h4-8,10-11,14,21-23,25H,1,9,12-13,15-17H2,2-3H3/b11-10+. The number of hydrogen-bond donors (Lipinski definition) is 0. The van der Waals surface area contributed by atoms with Gasteiger partial charge in [0.25, 0.3) is 0 Å². The van der Waals surface area contributed by atoms with Crippen molar-refractivity contribution in [1.82, 2.24) is 0 Å². The van der Waals surface area contributed by atoms with Crippen molar-refractivity contribution in [3.8, 4) is 0 Å². The van der Waals surface area contributed by atoms with Crippen LogP contribution in [0.25, 0.3) is 0 Å². The summed E-state index contributed by atoms with van der Waals surface area (Å²) >= 11 is 0. The summed E-state index contributed by atoms with van der Waals surface area (Å²) in [5, 5.41) is 0. The molecule has 2 saturated carbocycles. The molecule has 31 heavy (non-hydrogen) atoms. The first-order valence-electron chi connectivity index (χ1n) is 11.5. The van der Waals surface area contributed by atoms with E-state index in [0.29, 0.717) is 24.7 Å². The van der Waals surface area contributed by atoms with Gasteiger partial charge in [-0.3, -0.25) is 0 Å².